The summed E-state index contributed by atoms with van der Waals surface area (Å²) in [5.41, 5.74) is 9.46. The van der Waals surface area contributed by atoms with Crippen LogP contribution in [0.1, 0.15) is 46.3 Å². The molecule has 33 heavy (non-hydrogen) atoms. The number of ether oxygens (including phenoxy) is 2. The number of carbonyl (C=O) groups excluding carboxylic acids is 1. The maximum atomic E-state index is 13.0. The molecular weight excluding hydrogens is 467 g/mol. The van der Waals surface area contributed by atoms with Crippen LogP contribution in [-0.2, 0) is 24.3 Å². The lowest BCUT2D eigenvalue weighted by molar-refractivity contribution is 0.0684. The fraction of sp³-hybridized carbons (Fsp3) is 0.409. The molecule has 0 fully saturated rings. The summed E-state index contributed by atoms with van der Waals surface area (Å²) < 4.78 is 15.2. The highest BCUT2D eigenvalue weighted by Gasteiger charge is 2.29. The predicted octanol–water partition coefficient (Wildman–Crippen LogP) is 2.82. The summed E-state index contributed by atoms with van der Waals surface area (Å²) >= 11 is 6.59. The molecule has 5 rings (SSSR count). The third kappa shape index (κ3) is 4.46. The molecule has 2 aliphatic rings. The minimum atomic E-state index is -0.323. The minimum Gasteiger partial charge on any atom is -0.491 e. The molecule has 0 aliphatic carbocycles. The summed E-state index contributed by atoms with van der Waals surface area (Å²) in [7, 11) is 0. The summed E-state index contributed by atoms with van der Waals surface area (Å²) in [5.74, 6) is 0.357. The first kappa shape index (κ1) is 23.6. The minimum absolute atomic E-state index is 0. The number of nitrogens with zero attached hydrogens (tertiary/aromatic N) is 4. The summed E-state index contributed by atoms with van der Waals surface area (Å²) in [6.45, 7) is 2.41. The van der Waals surface area contributed by atoms with Crippen LogP contribution in [0.4, 0.5) is 0 Å². The molecule has 9 nitrogen and oxygen atoms in total. The van der Waals surface area contributed by atoms with E-state index in [9.17, 15) is 4.79 Å². The summed E-state index contributed by atoms with van der Waals surface area (Å²) in [4.78, 5) is 17.4. The summed E-state index contributed by atoms with van der Waals surface area (Å²) in [5, 5.41) is 8.07. The number of hydrogen-bond acceptors (Lipinski definition) is 6. The average Bonchev–Trinajstić information content (AvgIpc) is 3.44. The van der Waals surface area contributed by atoms with Crippen LogP contribution in [0.3, 0.4) is 0 Å². The topological polar surface area (TPSA) is 109 Å². The van der Waals surface area contributed by atoms with E-state index in [0.29, 0.717) is 48.5 Å². The molecule has 4 heterocycles. The first-order chi connectivity index (χ1) is 15.7. The SMILES string of the molecule is Cl.NCCOc1cccc(-n2ncc3c2COC[C@H]3NC(=O)c2ncn3c2CCCC3)c1Cl. The molecule has 3 aromatic rings. The van der Waals surface area contributed by atoms with Gasteiger partial charge in [0.2, 0.25) is 0 Å². The molecule has 0 saturated heterocycles. The molecular formula is C22H26Cl2N6O3. The number of amides is 1. The van der Waals surface area contributed by atoms with Gasteiger partial charge in [-0.15, -0.1) is 12.4 Å². The van der Waals surface area contributed by atoms with Crippen molar-refractivity contribution in [1.82, 2.24) is 24.6 Å². The Morgan fingerprint density at radius 1 is 1.33 bits per heavy atom. The molecule has 1 amide bonds. The Labute approximate surface area is 202 Å². The van der Waals surface area contributed by atoms with Gasteiger partial charge in [0, 0.05) is 18.7 Å². The second kappa shape index (κ2) is 10.1. The Morgan fingerprint density at radius 2 is 2.21 bits per heavy atom. The van der Waals surface area contributed by atoms with Crippen LogP contribution in [0.2, 0.25) is 5.02 Å². The summed E-state index contributed by atoms with van der Waals surface area (Å²) in [6.07, 6.45) is 6.57. The van der Waals surface area contributed by atoms with E-state index in [1.165, 1.54) is 0 Å². The molecule has 1 aromatic carbocycles. The zero-order valence-electron chi connectivity index (χ0n) is 18.0. The highest BCUT2D eigenvalue weighted by atomic mass is 35.5. The zero-order chi connectivity index (χ0) is 22.1. The maximum Gasteiger partial charge on any atom is 0.272 e. The van der Waals surface area contributed by atoms with E-state index in [1.54, 1.807) is 23.3 Å². The fourth-order valence-electron chi connectivity index (χ4n) is 4.31. The first-order valence-electron chi connectivity index (χ1n) is 10.8. The third-order valence-electron chi connectivity index (χ3n) is 5.88. The fourth-order valence-corrected chi connectivity index (χ4v) is 4.57. The van der Waals surface area contributed by atoms with E-state index in [1.807, 2.05) is 12.1 Å². The number of nitrogens with one attached hydrogen (secondary N) is 1. The molecule has 0 bridgehead atoms. The maximum absolute atomic E-state index is 13.0. The number of aryl methyl sites for hydroxylation is 1. The molecule has 176 valence electrons. The molecule has 0 radical (unpaired) electrons. The second-order valence-corrected chi connectivity index (χ2v) is 8.29. The molecule has 3 N–H and O–H groups in total. The van der Waals surface area contributed by atoms with Gasteiger partial charge in [-0.2, -0.15) is 5.10 Å². The molecule has 0 unspecified atom stereocenters. The highest BCUT2D eigenvalue weighted by Crippen LogP contribution is 2.34. The van der Waals surface area contributed by atoms with Crippen LogP contribution in [0, 0.1) is 0 Å². The van der Waals surface area contributed by atoms with E-state index in [4.69, 9.17) is 26.8 Å². The molecule has 2 aromatic heterocycles. The Hall–Kier alpha value is -2.59. The van der Waals surface area contributed by atoms with Crippen molar-refractivity contribution < 1.29 is 14.3 Å². The van der Waals surface area contributed by atoms with Crippen LogP contribution >= 0.6 is 24.0 Å². The standard InChI is InChI=1S/C22H25ClN6O3.ClH/c23-20-16(5-3-6-19(20)32-9-7-24)29-18-12-31-11-15(14(18)10-26-29)27-22(30)21-17-4-1-2-8-28(17)13-25-21;/h3,5-6,10,13,15H,1-2,4,7-9,11-12,24H2,(H,27,30);1H/t15-;/m1./s1. The Kier molecular flexibility index (Phi) is 7.23. The van der Waals surface area contributed by atoms with E-state index in [0.717, 1.165) is 42.8 Å². The lowest BCUT2D eigenvalue weighted by Crippen LogP contribution is -2.35. The predicted molar refractivity (Wildman–Crippen MR) is 125 cm³/mol. The van der Waals surface area contributed by atoms with Gasteiger partial charge >= 0.3 is 0 Å². The zero-order valence-corrected chi connectivity index (χ0v) is 19.6. The Balaban J connectivity index is 0.00000259. The number of halogens is 2. The normalized spacial score (nSPS) is 17.0. The van der Waals surface area contributed by atoms with Gasteiger partial charge < -0.3 is 25.1 Å². The number of nitrogens with two attached hydrogens (primary N) is 1. The number of fused-ring (bicyclic) bond motifs is 2. The lowest BCUT2D eigenvalue weighted by atomic mass is 10.0. The first-order valence-corrected chi connectivity index (χ1v) is 11.2. The van der Waals surface area contributed by atoms with Crippen LogP contribution in [0.5, 0.6) is 5.75 Å². The highest BCUT2D eigenvalue weighted by molar-refractivity contribution is 6.33. The number of rotatable bonds is 6. The van der Waals surface area contributed by atoms with Crippen LogP contribution in [-0.4, -0.2) is 45.0 Å². The van der Waals surface area contributed by atoms with Gasteiger partial charge in [0.15, 0.2) is 0 Å². The van der Waals surface area contributed by atoms with Crippen LogP contribution < -0.4 is 15.8 Å². The van der Waals surface area contributed by atoms with Crippen molar-refractivity contribution >= 4 is 29.9 Å². The van der Waals surface area contributed by atoms with Crippen molar-refractivity contribution in [3.63, 3.8) is 0 Å². The number of imidazole rings is 1. The van der Waals surface area contributed by atoms with E-state index < -0.39 is 0 Å². The molecule has 0 saturated carbocycles. The van der Waals surface area contributed by atoms with E-state index in [-0.39, 0.29) is 24.4 Å². The number of carbonyl (C=O) groups is 1. The van der Waals surface area contributed by atoms with Crippen molar-refractivity contribution in [2.45, 2.75) is 38.5 Å². The van der Waals surface area contributed by atoms with Crippen molar-refractivity contribution in [3.8, 4) is 11.4 Å². The van der Waals surface area contributed by atoms with Gasteiger partial charge in [0.1, 0.15) is 23.1 Å². The van der Waals surface area contributed by atoms with Gasteiger partial charge in [0.05, 0.1) is 48.9 Å². The number of aromatic nitrogens is 4. The second-order valence-electron chi connectivity index (χ2n) is 7.92. The van der Waals surface area contributed by atoms with Crippen molar-refractivity contribution in [2.75, 3.05) is 19.8 Å². The lowest BCUT2D eigenvalue weighted by Gasteiger charge is -2.25. The average molecular weight is 493 g/mol. The number of hydrogen-bond donors (Lipinski definition) is 2. The third-order valence-corrected chi connectivity index (χ3v) is 6.26. The van der Waals surface area contributed by atoms with Crippen molar-refractivity contribution in [2.24, 2.45) is 5.73 Å². The van der Waals surface area contributed by atoms with E-state index >= 15 is 0 Å². The van der Waals surface area contributed by atoms with E-state index in [2.05, 4.69) is 20.0 Å². The van der Waals surface area contributed by atoms with Gasteiger partial charge in [-0.1, -0.05) is 17.7 Å². The van der Waals surface area contributed by atoms with Gasteiger partial charge in [-0.25, -0.2) is 9.67 Å². The van der Waals surface area contributed by atoms with Crippen molar-refractivity contribution in [3.05, 3.63) is 58.4 Å². The van der Waals surface area contributed by atoms with Crippen molar-refractivity contribution in [1.29, 1.82) is 0 Å². The Bertz CT molecular complexity index is 1150. The molecule has 2 aliphatic heterocycles. The van der Waals surface area contributed by atoms with Crippen LogP contribution in [0.25, 0.3) is 5.69 Å². The Morgan fingerprint density at radius 3 is 3.06 bits per heavy atom. The molecule has 11 heteroatoms. The molecule has 0 spiro atoms. The van der Waals surface area contributed by atoms with Crippen LogP contribution in [0.15, 0.2) is 30.7 Å². The number of benzene rings is 1. The van der Waals surface area contributed by atoms with Gasteiger partial charge in [0.25, 0.3) is 5.91 Å². The summed E-state index contributed by atoms with van der Waals surface area (Å²) in [6, 6.07) is 5.19. The smallest absolute Gasteiger partial charge is 0.272 e. The quantitative estimate of drug-likeness (QED) is 0.547. The monoisotopic (exact) mass is 492 g/mol. The largest absolute Gasteiger partial charge is 0.491 e. The van der Waals surface area contributed by atoms with Gasteiger partial charge in [-0.3, -0.25) is 4.79 Å². The molecule has 1 atom stereocenters. The van der Waals surface area contributed by atoms with Gasteiger partial charge in [-0.05, 0) is 31.4 Å².